The topological polar surface area (TPSA) is 29.3 Å². The molecule has 0 fully saturated rings. The minimum absolute atomic E-state index is 0.587. The van der Waals surface area contributed by atoms with Crippen LogP contribution in [-0.2, 0) is 6.54 Å². The van der Waals surface area contributed by atoms with Crippen molar-refractivity contribution in [3.63, 3.8) is 0 Å². The molecule has 0 bridgehead atoms. The molecule has 0 atom stereocenters. The molecule has 2 aromatic rings. The molecule has 0 aromatic heterocycles. The predicted octanol–water partition coefficient (Wildman–Crippen LogP) is 4.52. The Kier molecular flexibility index (Phi) is 4.23. The Labute approximate surface area is 123 Å². The number of aryl methyl sites for hydroxylation is 1. The highest BCUT2D eigenvalue weighted by atomic mass is 35.5. The summed E-state index contributed by atoms with van der Waals surface area (Å²) in [5.41, 5.74) is 9.79. The smallest absolute Gasteiger partial charge is 0.0656 e. The third-order valence-electron chi connectivity index (χ3n) is 3.06. The zero-order valence-corrected chi connectivity index (χ0v) is 12.5. The lowest BCUT2D eigenvalue weighted by Gasteiger charge is -2.22. The van der Waals surface area contributed by atoms with Gasteiger partial charge in [0.2, 0.25) is 0 Å². The molecule has 2 N–H and O–H groups in total. The lowest BCUT2D eigenvalue weighted by molar-refractivity contribution is 0.918. The van der Waals surface area contributed by atoms with Gasteiger partial charge in [-0.2, -0.15) is 0 Å². The summed E-state index contributed by atoms with van der Waals surface area (Å²) >= 11 is 12.0. The van der Waals surface area contributed by atoms with E-state index in [0.29, 0.717) is 10.7 Å². The third kappa shape index (κ3) is 3.34. The second-order valence-corrected chi connectivity index (χ2v) is 5.49. The molecule has 0 aliphatic heterocycles. The van der Waals surface area contributed by atoms with Crippen LogP contribution in [0.1, 0.15) is 11.1 Å². The second kappa shape index (κ2) is 5.72. The molecule has 2 nitrogen and oxygen atoms in total. The number of rotatable bonds is 3. The number of hydrogen-bond acceptors (Lipinski definition) is 2. The number of anilines is 2. The predicted molar refractivity (Wildman–Crippen MR) is 84.2 cm³/mol. The van der Waals surface area contributed by atoms with E-state index >= 15 is 0 Å². The summed E-state index contributed by atoms with van der Waals surface area (Å²) in [6, 6.07) is 11.6. The van der Waals surface area contributed by atoms with E-state index in [1.807, 2.05) is 50.4 Å². The SMILES string of the molecule is Cc1cc(N)c(Cl)cc1N(C)Cc1ccc(Cl)cc1. The molecule has 0 spiro atoms. The molecule has 100 valence electrons. The first-order valence-corrected chi connectivity index (χ1v) is 6.74. The molecule has 0 saturated heterocycles. The van der Waals surface area contributed by atoms with Crippen molar-refractivity contribution in [2.75, 3.05) is 17.7 Å². The van der Waals surface area contributed by atoms with Crippen LogP contribution < -0.4 is 10.6 Å². The van der Waals surface area contributed by atoms with E-state index in [1.165, 1.54) is 5.56 Å². The minimum Gasteiger partial charge on any atom is -0.398 e. The molecular weight excluding hydrogens is 279 g/mol. The number of nitrogens with zero attached hydrogens (tertiary/aromatic N) is 1. The van der Waals surface area contributed by atoms with Crippen LogP contribution in [0.15, 0.2) is 36.4 Å². The van der Waals surface area contributed by atoms with Crippen LogP contribution in [-0.4, -0.2) is 7.05 Å². The van der Waals surface area contributed by atoms with Gasteiger partial charge >= 0.3 is 0 Å². The van der Waals surface area contributed by atoms with Crippen LogP contribution in [0.4, 0.5) is 11.4 Å². The first kappa shape index (κ1) is 14.0. The molecule has 0 saturated carbocycles. The van der Waals surface area contributed by atoms with Gasteiger partial charge in [-0.3, -0.25) is 0 Å². The van der Waals surface area contributed by atoms with Gasteiger partial charge in [-0.1, -0.05) is 35.3 Å². The highest BCUT2D eigenvalue weighted by Gasteiger charge is 2.08. The van der Waals surface area contributed by atoms with Crippen LogP contribution in [0.5, 0.6) is 0 Å². The van der Waals surface area contributed by atoms with Crippen molar-refractivity contribution in [1.29, 1.82) is 0 Å². The van der Waals surface area contributed by atoms with Gasteiger partial charge in [-0.05, 0) is 42.3 Å². The summed E-state index contributed by atoms with van der Waals surface area (Å²) in [4.78, 5) is 2.14. The Morgan fingerprint density at radius 3 is 2.37 bits per heavy atom. The van der Waals surface area contributed by atoms with Gasteiger partial charge in [-0.25, -0.2) is 0 Å². The van der Waals surface area contributed by atoms with E-state index in [0.717, 1.165) is 22.8 Å². The van der Waals surface area contributed by atoms with Crippen molar-refractivity contribution in [2.24, 2.45) is 0 Å². The molecule has 19 heavy (non-hydrogen) atoms. The fourth-order valence-electron chi connectivity index (χ4n) is 2.05. The largest absolute Gasteiger partial charge is 0.398 e. The Balaban J connectivity index is 2.22. The normalized spacial score (nSPS) is 10.5. The van der Waals surface area contributed by atoms with Crippen LogP contribution >= 0.6 is 23.2 Å². The molecule has 2 rings (SSSR count). The maximum absolute atomic E-state index is 6.08. The summed E-state index contributed by atoms with van der Waals surface area (Å²) in [7, 11) is 2.03. The fourth-order valence-corrected chi connectivity index (χ4v) is 2.34. The zero-order valence-electron chi connectivity index (χ0n) is 11.0. The Morgan fingerprint density at radius 2 is 1.74 bits per heavy atom. The van der Waals surface area contributed by atoms with E-state index in [1.54, 1.807) is 0 Å². The summed E-state index contributed by atoms with van der Waals surface area (Å²) < 4.78 is 0. The average molecular weight is 295 g/mol. The lowest BCUT2D eigenvalue weighted by Crippen LogP contribution is -2.17. The first-order valence-electron chi connectivity index (χ1n) is 5.98. The monoisotopic (exact) mass is 294 g/mol. The van der Waals surface area contributed by atoms with Gasteiger partial charge in [-0.15, -0.1) is 0 Å². The van der Waals surface area contributed by atoms with E-state index < -0.39 is 0 Å². The summed E-state index contributed by atoms with van der Waals surface area (Å²) in [5, 5.41) is 1.33. The fraction of sp³-hybridized carbons (Fsp3) is 0.200. The second-order valence-electron chi connectivity index (χ2n) is 4.64. The van der Waals surface area contributed by atoms with Crippen molar-refractivity contribution >= 4 is 34.6 Å². The van der Waals surface area contributed by atoms with Crippen LogP contribution in [0, 0.1) is 6.92 Å². The van der Waals surface area contributed by atoms with Crippen molar-refractivity contribution < 1.29 is 0 Å². The molecule has 0 aliphatic rings. The summed E-state index contributed by atoms with van der Waals surface area (Å²) in [5.74, 6) is 0. The molecule has 0 aliphatic carbocycles. The van der Waals surface area contributed by atoms with E-state index in [9.17, 15) is 0 Å². The van der Waals surface area contributed by atoms with Crippen LogP contribution in [0.25, 0.3) is 0 Å². The Bertz CT molecular complexity index is 579. The zero-order chi connectivity index (χ0) is 14.0. The average Bonchev–Trinajstić information content (AvgIpc) is 2.36. The van der Waals surface area contributed by atoms with E-state index in [-0.39, 0.29) is 0 Å². The van der Waals surface area contributed by atoms with Gasteiger partial charge in [0, 0.05) is 24.3 Å². The lowest BCUT2D eigenvalue weighted by atomic mass is 10.1. The van der Waals surface area contributed by atoms with Crippen molar-refractivity contribution in [3.05, 3.63) is 57.6 Å². The minimum atomic E-state index is 0.587. The standard InChI is InChI=1S/C15H16Cl2N2/c1-10-7-14(18)13(17)8-15(10)19(2)9-11-3-5-12(16)6-4-11/h3-8H,9,18H2,1-2H3. The summed E-state index contributed by atoms with van der Waals surface area (Å²) in [6.45, 7) is 2.82. The molecule has 0 heterocycles. The van der Waals surface area contributed by atoms with Crippen molar-refractivity contribution in [3.8, 4) is 0 Å². The van der Waals surface area contributed by atoms with Gasteiger partial charge in [0.25, 0.3) is 0 Å². The van der Waals surface area contributed by atoms with Gasteiger partial charge in [0.15, 0.2) is 0 Å². The van der Waals surface area contributed by atoms with Crippen LogP contribution in [0.2, 0.25) is 10.0 Å². The molecule has 0 amide bonds. The van der Waals surface area contributed by atoms with E-state index in [4.69, 9.17) is 28.9 Å². The molecule has 2 aromatic carbocycles. The highest BCUT2D eigenvalue weighted by Crippen LogP contribution is 2.29. The first-order chi connectivity index (χ1) is 8.97. The highest BCUT2D eigenvalue weighted by molar-refractivity contribution is 6.33. The number of hydrogen-bond donors (Lipinski definition) is 1. The quantitative estimate of drug-likeness (QED) is 0.843. The van der Waals surface area contributed by atoms with Gasteiger partial charge in [0.05, 0.1) is 10.7 Å². The van der Waals surface area contributed by atoms with E-state index in [2.05, 4.69) is 4.90 Å². The van der Waals surface area contributed by atoms with Gasteiger partial charge < -0.3 is 10.6 Å². The van der Waals surface area contributed by atoms with Crippen molar-refractivity contribution in [1.82, 2.24) is 0 Å². The summed E-state index contributed by atoms with van der Waals surface area (Å²) in [6.07, 6.45) is 0. The van der Waals surface area contributed by atoms with Crippen LogP contribution in [0.3, 0.4) is 0 Å². The number of nitrogens with two attached hydrogens (primary N) is 1. The maximum Gasteiger partial charge on any atom is 0.0656 e. The maximum atomic E-state index is 6.08. The molecule has 0 radical (unpaired) electrons. The van der Waals surface area contributed by atoms with Crippen molar-refractivity contribution in [2.45, 2.75) is 13.5 Å². The Morgan fingerprint density at radius 1 is 1.11 bits per heavy atom. The third-order valence-corrected chi connectivity index (χ3v) is 3.64. The van der Waals surface area contributed by atoms with Gasteiger partial charge in [0.1, 0.15) is 0 Å². The molecule has 0 unspecified atom stereocenters. The molecule has 4 heteroatoms. The Hall–Kier alpha value is -1.38. The molecular formula is C15H16Cl2N2. The number of halogens is 2. The number of nitrogen functional groups attached to an aromatic ring is 1. The number of benzene rings is 2.